The average Bonchev–Trinajstić information content (AvgIpc) is 3.30. The summed E-state index contributed by atoms with van der Waals surface area (Å²) in [5.74, 6) is -0.0196. The van der Waals surface area contributed by atoms with E-state index in [1.807, 2.05) is 30.3 Å². The van der Waals surface area contributed by atoms with Crippen molar-refractivity contribution in [2.75, 3.05) is 6.61 Å². The molecule has 0 aliphatic carbocycles. The predicted molar refractivity (Wildman–Crippen MR) is 113 cm³/mol. The van der Waals surface area contributed by atoms with Crippen LogP contribution in [0.1, 0.15) is 31.2 Å². The van der Waals surface area contributed by atoms with Gasteiger partial charge in [-0.25, -0.2) is 9.79 Å². The van der Waals surface area contributed by atoms with Gasteiger partial charge in [-0.3, -0.25) is 9.36 Å². The molecule has 1 aromatic carbocycles. The van der Waals surface area contributed by atoms with Crippen LogP contribution in [0.3, 0.4) is 0 Å². The Morgan fingerprint density at radius 3 is 2.90 bits per heavy atom. The molecule has 6 nitrogen and oxygen atoms in total. The van der Waals surface area contributed by atoms with E-state index >= 15 is 0 Å². The lowest BCUT2D eigenvalue weighted by Crippen LogP contribution is -2.39. The fourth-order valence-electron chi connectivity index (χ4n) is 3.26. The van der Waals surface area contributed by atoms with Crippen LogP contribution in [-0.4, -0.2) is 17.1 Å². The molecule has 148 valence electrons. The molecule has 4 rings (SSSR count). The molecule has 0 amide bonds. The van der Waals surface area contributed by atoms with E-state index in [4.69, 9.17) is 9.15 Å². The second-order valence-electron chi connectivity index (χ2n) is 6.37. The van der Waals surface area contributed by atoms with Crippen molar-refractivity contribution in [3.05, 3.63) is 89.4 Å². The number of hydrogen-bond acceptors (Lipinski definition) is 6. The number of benzene rings is 1. The van der Waals surface area contributed by atoms with Crippen molar-refractivity contribution >= 4 is 39.3 Å². The molecule has 0 bridgehead atoms. The van der Waals surface area contributed by atoms with Crippen molar-refractivity contribution in [1.29, 1.82) is 0 Å². The van der Waals surface area contributed by atoms with Gasteiger partial charge >= 0.3 is 5.97 Å². The number of furan rings is 1. The molecule has 0 fully saturated rings. The Morgan fingerprint density at radius 1 is 1.38 bits per heavy atom. The summed E-state index contributed by atoms with van der Waals surface area (Å²) in [6.45, 7) is 3.71. The highest BCUT2D eigenvalue weighted by molar-refractivity contribution is 9.10. The Balaban J connectivity index is 1.94. The lowest BCUT2D eigenvalue weighted by atomic mass is 10.0. The summed E-state index contributed by atoms with van der Waals surface area (Å²) in [6, 6.07) is 10.4. The molecule has 1 aliphatic heterocycles. The van der Waals surface area contributed by atoms with Gasteiger partial charge in [-0.15, -0.1) is 0 Å². The van der Waals surface area contributed by atoms with Crippen LogP contribution in [0.15, 0.2) is 72.6 Å². The van der Waals surface area contributed by atoms with Gasteiger partial charge < -0.3 is 9.15 Å². The number of nitrogens with zero attached hydrogens (tertiary/aromatic N) is 2. The van der Waals surface area contributed by atoms with Crippen LogP contribution in [0.5, 0.6) is 0 Å². The monoisotopic (exact) mass is 472 g/mol. The minimum absolute atomic E-state index is 0.230. The zero-order chi connectivity index (χ0) is 20.5. The van der Waals surface area contributed by atoms with E-state index < -0.39 is 12.0 Å². The highest BCUT2D eigenvalue weighted by atomic mass is 79.9. The number of allylic oxidation sites excluding steroid dienone is 1. The van der Waals surface area contributed by atoms with Crippen LogP contribution < -0.4 is 14.9 Å². The van der Waals surface area contributed by atoms with Crippen LogP contribution in [0.25, 0.3) is 6.08 Å². The number of thiazole rings is 1. The number of fused-ring (bicyclic) bond motifs is 1. The highest BCUT2D eigenvalue weighted by Gasteiger charge is 2.34. The number of rotatable bonds is 4. The third-order valence-electron chi connectivity index (χ3n) is 4.48. The molecule has 0 N–H and O–H groups in total. The molecule has 0 saturated carbocycles. The van der Waals surface area contributed by atoms with Crippen molar-refractivity contribution in [1.82, 2.24) is 4.57 Å². The molecule has 2 aromatic heterocycles. The molecular weight excluding hydrogens is 456 g/mol. The van der Waals surface area contributed by atoms with Crippen molar-refractivity contribution in [3.8, 4) is 0 Å². The maximum absolute atomic E-state index is 13.3. The van der Waals surface area contributed by atoms with Gasteiger partial charge in [0.2, 0.25) is 0 Å². The second-order valence-corrected chi connectivity index (χ2v) is 8.30. The van der Waals surface area contributed by atoms with Gasteiger partial charge in [0, 0.05) is 4.47 Å². The first-order chi connectivity index (χ1) is 14.0. The number of aromatic nitrogens is 1. The first-order valence-electron chi connectivity index (χ1n) is 8.98. The fraction of sp³-hybridized carbons (Fsp3) is 0.190. The van der Waals surface area contributed by atoms with E-state index in [0.717, 1.165) is 10.0 Å². The number of esters is 1. The summed E-state index contributed by atoms with van der Waals surface area (Å²) in [6.07, 6.45) is 3.34. The SMILES string of the molecule is CCOC(=O)C1=C(C)N=c2s/c(=C\c3cccc(Br)c3)c(=O)n2[C@H]1c1ccco1. The van der Waals surface area contributed by atoms with Crippen LogP contribution in [0.2, 0.25) is 0 Å². The normalized spacial score (nSPS) is 16.5. The summed E-state index contributed by atoms with van der Waals surface area (Å²) in [5, 5.41) is 0. The highest BCUT2D eigenvalue weighted by Crippen LogP contribution is 2.30. The van der Waals surface area contributed by atoms with Crippen LogP contribution in [0, 0.1) is 0 Å². The molecule has 0 spiro atoms. The predicted octanol–water partition coefficient (Wildman–Crippen LogP) is 3.15. The fourth-order valence-corrected chi connectivity index (χ4v) is 4.72. The zero-order valence-corrected chi connectivity index (χ0v) is 18.1. The standard InChI is InChI=1S/C21H17BrN2O4S/c1-3-27-20(26)17-12(2)23-21-24(18(17)15-8-5-9-28-15)19(25)16(29-21)11-13-6-4-7-14(22)10-13/h4-11,18H,3H2,1-2H3/b16-11-/t18-/m0/s1. The molecule has 29 heavy (non-hydrogen) atoms. The number of carbonyl (C=O) groups is 1. The molecular formula is C21H17BrN2O4S. The lowest BCUT2D eigenvalue weighted by molar-refractivity contribution is -0.139. The lowest BCUT2D eigenvalue weighted by Gasteiger charge is -2.22. The number of carbonyl (C=O) groups excluding carboxylic acids is 1. The van der Waals surface area contributed by atoms with E-state index in [2.05, 4.69) is 20.9 Å². The maximum atomic E-state index is 13.3. The molecule has 0 saturated heterocycles. The Labute approximate surface area is 178 Å². The van der Waals surface area contributed by atoms with Gasteiger partial charge in [-0.1, -0.05) is 39.4 Å². The molecule has 1 atom stereocenters. The summed E-state index contributed by atoms with van der Waals surface area (Å²) in [7, 11) is 0. The first-order valence-corrected chi connectivity index (χ1v) is 10.6. The minimum Gasteiger partial charge on any atom is -0.467 e. The van der Waals surface area contributed by atoms with Gasteiger partial charge in [0.1, 0.15) is 11.8 Å². The smallest absolute Gasteiger partial charge is 0.338 e. The average molecular weight is 473 g/mol. The summed E-state index contributed by atoms with van der Waals surface area (Å²) < 4.78 is 13.8. The largest absolute Gasteiger partial charge is 0.467 e. The molecule has 3 aromatic rings. The molecule has 0 unspecified atom stereocenters. The maximum Gasteiger partial charge on any atom is 0.338 e. The van der Waals surface area contributed by atoms with E-state index in [9.17, 15) is 9.59 Å². The number of hydrogen-bond donors (Lipinski definition) is 0. The quantitative estimate of drug-likeness (QED) is 0.546. The molecule has 8 heteroatoms. The van der Waals surface area contributed by atoms with Crippen molar-refractivity contribution < 1.29 is 13.9 Å². The van der Waals surface area contributed by atoms with Gasteiger partial charge in [-0.05, 0) is 49.8 Å². The Bertz CT molecular complexity index is 1280. The van der Waals surface area contributed by atoms with Crippen LogP contribution >= 0.6 is 27.3 Å². The van der Waals surface area contributed by atoms with Crippen molar-refractivity contribution in [2.45, 2.75) is 19.9 Å². The molecule has 1 aliphatic rings. The van der Waals surface area contributed by atoms with E-state index in [0.29, 0.717) is 26.4 Å². The number of halogens is 1. The van der Waals surface area contributed by atoms with Crippen LogP contribution in [-0.2, 0) is 9.53 Å². The van der Waals surface area contributed by atoms with Crippen molar-refractivity contribution in [2.24, 2.45) is 4.99 Å². The Hall–Kier alpha value is -2.71. The van der Waals surface area contributed by atoms with E-state index in [1.165, 1.54) is 22.2 Å². The number of ether oxygens (including phenoxy) is 1. The third kappa shape index (κ3) is 3.65. The molecule has 3 heterocycles. The van der Waals surface area contributed by atoms with Gasteiger partial charge in [0.15, 0.2) is 4.80 Å². The zero-order valence-electron chi connectivity index (χ0n) is 15.7. The Morgan fingerprint density at radius 2 is 2.21 bits per heavy atom. The third-order valence-corrected chi connectivity index (χ3v) is 5.95. The van der Waals surface area contributed by atoms with E-state index in [1.54, 1.807) is 26.0 Å². The topological polar surface area (TPSA) is 73.8 Å². The first kappa shape index (κ1) is 19.6. The van der Waals surface area contributed by atoms with Gasteiger partial charge in [0.05, 0.1) is 28.7 Å². The van der Waals surface area contributed by atoms with Crippen molar-refractivity contribution in [3.63, 3.8) is 0 Å². The van der Waals surface area contributed by atoms with Crippen LogP contribution in [0.4, 0.5) is 0 Å². The Kier molecular flexibility index (Phi) is 5.38. The molecule has 0 radical (unpaired) electrons. The summed E-state index contributed by atoms with van der Waals surface area (Å²) in [4.78, 5) is 31.0. The summed E-state index contributed by atoms with van der Waals surface area (Å²) >= 11 is 4.72. The van der Waals surface area contributed by atoms with E-state index in [-0.39, 0.29) is 12.2 Å². The second kappa shape index (κ2) is 7.96. The minimum atomic E-state index is -0.718. The van der Waals surface area contributed by atoms with Gasteiger partial charge in [0.25, 0.3) is 5.56 Å². The summed E-state index contributed by atoms with van der Waals surface area (Å²) in [5.41, 5.74) is 1.48. The van der Waals surface area contributed by atoms with Gasteiger partial charge in [-0.2, -0.15) is 0 Å².